The standard InChI is InChI=1S/C18H28O2/c1-13(2)18-9-8-17(10-14(18)3)20-12-16(19)11-15-6-4-5-7-15/h8-10,13,15-16,19H,4-7,11-12H2,1-3H3. The van der Waals surface area contributed by atoms with Gasteiger partial charge in [-0.05, 0) is 48.4 Å². The predicted molar refractivity (Wildman–Crippen MR) is 83.3 cm³/mol. The normalized spacial score (nSPS) is 17.6. The van der Waals surface area contributed by atoms with Crippen molar-refractivity contribution in [3.8, 4) is 5.75 Å². The summed E-state index contributed by atoms with van der Waals surface area (Å²) in [6.07, 6.45) is 5.77. The second kappa shape index (κ2) is 7.12. The van der Waals surface area contributed by atoms with Crippen LogP contribution in [-0.4, -0.2) is 17.8 Å². The monoisotopic (exact) mass is 276 g/mol. The molecule has 1 aliphatic carbocycles. The van der Waals surface area contributed by atoms with Crippen molar-refractivity contribution in [2.24, 2.45) is 5.92 Å². The van der Waals surface area contributed by atoms with Gasteiger partial charge in [0.15, 0.2) is 0 Å². The maximum atomic E-state index is 10.1. The van der Waals surface area contributed by atoms with E-state index >= 15 is 0 Å². The molecule has 0 aromatic heterocycles. The predicted octanol–water partition coefficient (Wildman–Crippen LogP) is 4.44. The molecule has 1 N–H and O–H groups in total. The summed E-state index contributed by atoms with van der Waals surface area (Å²) in [6.45, 7) is 6.94. The Morgan fingerprint density at radius 2 is 1.95 bits per heavy atom. The second-order valence-corrected chi connectivity index (χ2v) is 6.52. The van der Waals surface area contributed by atoms with E-state index in [4.69, 9.17) is 4.74 Å². The molecule has 0 spiro atoms. The molecule has 0 bridgehead atoms. The summed E-state index contributed by atoms with van der Waals surface area (Å²) in [6, 6.07) is 6.24. The Kier molecular flexibility index (Phi) is 5.47. The lowest BCUT2D eigenvalue weighted by Crippen LogP contribution is -2.20. The minimum Gasteiger partial charge on any atom is -0.491 e. The first-order chi connectivity index (χ1) is 9.56. The summed E-state index contributed by atoms with van der Waals surface area (Å²) < 4.78 is 5.74. The smallest absolute Gasteiger partial charge is 0.119 e. The molecule has 1 aliphatic rings. The number of aliphatic hydroxyl groups excluding tert-OH is 1. The first kappa shape index (κ1) is 15.4. The van der Waals surface area contributed by atoms with Crippen molar-refractivity contribution in [3.05, 3.63) is 29.3 Å². The zero-order valence-electron chi connectivity index (χ0n) is 13.1. The maximum Gasteiger partial charge on any atom is 0.119 e. The third-order valence-electron chi connectivity index (χ3n) is 4.39. The highest BCUT2D eigenvalue weighted by atomic mass is 16.5. The molecular formula is C18H28O2. The third-order valence-corrected chi connectivity index (χ3v) is 4.39. The average Bonchev–Trinajstić information content (AvgIpc) is 2.89. The van der Waals surface area contributed by atoms with E-state index in [1.807, 2.05) is 6.07 Å². The lowest BCUT2D eigenvalue weighted by Gasteiger charge is -2.17. The molecule has 0 aliphatic heterocycles. The van der Waals surface area contributed by atoms with Crippen LogP contribution < -0.4 is 4.74 Å². The van der Waals surface area contributed by atoms with E-state index in [1.165, 1.54) is 36.8 Å². The second-order valence-electron chi connectivity index (χ2n) is 6.52. The highest BCUT2D eigenvalue weighted by Crippen LogP contribution is 2.29. The number of hydrogen-bond donors (Lipinski definition) is 1. The van der Waals surface area contributed by atoms with Crippen LogP contribution >= 0.6 is 0 Å². The average molecular weight is 276 g/mol. The third kappa shape index (κ3) is 4.24. The van der Waals surface area contributed by atoms with Gasteiger partial charge in [-0.3, -0.25) is 0 Å². The van der Waals surface area contributed by atoms with Gasteiger partial charge in [0, 0.05) is 0 Å². The Balaban J connectivity index is 1.82. The van der Waals surface area contributed by atoms with Crippen LogP contribution in [0.1, 0.15) is 63.0 Å². The van der Waals surface area contributed by atoms with Gasteiger partial charge in [-0.2, -0.15) is 0 Å². The Morgan fingerprint density at radius 3 is 2.55 bits per heavy atom. The van der Waals surface area contributed by atoms with Crippen molar-refractivity contribution in [2.45, 2.75) is 64.9 Å². The Bertz CT molecular complexity index is 419. The first-order valence-corrected chi connectivity index (χ1v) is 7.97. The van der Waals surface area contributed by atoms with Crippen LogP contribution in [0.4, 0.5) is 0 Å². The van der Waals surface area contributed by atoms with Gasteiger partial charge in [-0.1, -0.05) is 45.6 Å². The van der Waals surface area contributed by atoms with Crippen molar-refractivity contribution >= 4 is 0 Å². The number of hydrogen-bond acceptors (Lipinski definition) is 2. The summed E-state index contributed by atoms with van der Waals surface area (Å²) in [5.74, 6) is 2.12. The largest absolute Gasteiger partial charge is 0.491 e. The van der Waals surface area contributed by atoms with Crippen LogP contribution in [0.3, 0.4) is 0 Å². The molecule has 1 saturated carbocycles. The Labute approximate surface area is 123 Å². The molecule has 20 heavy (non-hydrogen) atoms. The number of ether oxygens (including phenoxy) is 1. The molecule has 1 aromatic carbocycles. The molecule has 0 heterocycles. The van der Waals surface area contributed by atoms with Crippen LogP contribution in [0.5, 0.6) is 5.75 Å². The van der Waals surface area contributed by atoms with Gasteiger partial charge in [0.1, 0.15) is 12.4 Å². The fraction of sp³-hybridized carbons (Fsp3) is 0.667. The minimum atomic E-state index is -0.330. The quantitative estimate of drug-likeness (QED) is 0.832. The Hall–Kier alpha value is -1.02. The fourth-order valence-electron chi connectivity index (χ4n) is 3.28. The number of aliphatic hydroxyl groups is 1. The van der Waals surface area contributed by atoms with Gasteiger partial charge >= 0.3 is 0 Å². The molecular weight excluding hydrogens is 248 g/mol. The van der Waals surface area contributed by atoms with Crippen LogP contribution in [0.15, 0.2) is 18.2 Å². The topological polar surface area (TPSA) is 29.5 Å². The minimum absolute atomic E-state index is 0.330. The van der Waals surface area contributed by atoms with Gasteiger partial charge < -0.3 is 9.84 Å². The molecule has 112 valence electrons. The van der Waals surface area contributed by atoms with Gasteiger partial charge in [0.05, 0.1) is 6.10 Å². The van der Waals surface area contributed by atoms with Crippen LogP contribution in [0.2, 0.25) is 0 Å². The summed E-state index contributed by atoms with van der Waals surface area (Å²) in [5.41, 5.74) is 2.63. The van der Waals surface area contributed by atoms with Crippen molar-refractivity contribution in [2.75, 3.05) is 6.61 Å². The fourth-order valence-corrected chi connectivity index (χ4v) is 3.28. The number of aryl methyl sites for hydroxylation is 1. The van der Waals surface area contributed by atoms with Gasteiger partial charge in [0.25, 0.3) is 0 Å². The van der Waals surface area contributed by atoms with E-state index in [0.717, 1.165) is 12.2 Å². The molecule has 0 amide bonds. The van der Waals surface area contributed by atoms with Crippen LogP contribution in [0.25, 0.3) is 0 Å². The Morgan fingerprint density at radius 1 is 1.25 bits per heavy atom. The van der Waals surface area contributed by atoms with Crippen molar-refractivity contribution in [3.63, 3.8) is 0 Å². The van der Waals surface area contributed by atoms with Crippen LogP contribution in [-0.2, 0) is 0 Å². The highest BCUT2D eigenvalue weighted by Gasteiger charge is 2.19. The highest BCUT2D eigenvalue weighted by molar-refractivity contribution is 5.36. The van der Waals surface area contributed by atoms with E-state index in [-0.39, 0.29) is 6.10 Å². The zero-order valence-corrected chi connectivity index (χ0v) is 13.1. The first-order valence-electron chi connectivity index (χ1n) is 7.97. The van der Waals surface area contributed by atoms with Crippen molar-refractivity contribution < 1.29 is 9.84 Å². The lowest BCUT2D eigenvalue weighted by molar-refractivity contribution is 0.0855. The molecule has 2 nitrogen and oxygen atoms in total. The molecule has 1 aromatic rings. The lowest BCUT2D eigenvalue weighted by atomic mass is 9.98. The van der Waals surface area contributed by atoms with Gasteiger partial charge in [-0.15, -0.1) is 0 Å². The summed E-state index contributed by atoms with van der Waals surface area (Å²) in [4.78, 5) is 0. The van der Waals surface area contributed by atoms with E-state index < -0.39 is 0 Å². The van der Waals surface area contributed by atoms with Crippen molar-refractivity contribution in [1.29, 1.82) is 0 Å². The summed E-state index contributed by atoms with van der Waals surface area (Å²) >= 11 is 0. The molecule has 1 atom stereocenters. The molecule has 1 unspecified atom stereocenters. The molecule has 0 radical (unpaired) electrons. The van der Waals surface area contributed by atoms with Crippen molar-refractivity contribution in [1.82, 2.24) is 0 Å². The molecule has 2 heteroatoms. The summed E-state index contributed by atoms with van der Waals surface area (Å²) in [5, 5.41) is 10.1. The van der Waals surface area contributed by atoms with E-state index in [0.29, 0.717) is 18.4 Å². The molecule has 1 fully saturated rings. The SMILES string of the molecule is Cc1cc(OCC(O)CC2CCCC2)ccc1C(C)C. The van der Waals surface area contributed by atoms with E-state index in [2.05, 4.69) is 32.9 Å². The van der Waals surface area contributed by atoms with Crippen LogP contribution in [0, 0.1) is 12.8 Å². The molecule has 2 rings (SSSR count). The zero-order chi connectivity index (χ0) is 14.5. The molecule has 0 saturated heterocycles. The number of rotatable bonds is 6. The van der Waals surface area contributed by atoms with Gasteiger partial charge in [-0.25, -0.2) is 0 Å². The van der Waals surface area contributed by atoms with E-state index in [1.54, 1.807) is 0 Å². The van der Waals surface area contributed by atoms with Gasteiger partial charge in [0.2, 0.25) is 0 Å². The number of benzene rings is 1. The van der Waals surface area contributed by atoms with E-state index in [9.17, 15) is 5.11 Å². The maximum absolute atomic E-state index is 10.1. The summed E-state index contributed by atoms with van der Waals surface area (Å²) in [7, 11) is 0.